The Morgan fingerprint density at radius 2 is 2.00 bits per heavy atom. The molecule has 5 nitrogen and oxygen atoms in total. The van der Waals surface area contributed by atoms with E-state index in [2.05, 4.69) is 10.3 Å². The van der Waals surface area contributed by atoms with Crippen LogP contribution in [0.5, 0.6) is 0 Å². The number of Topliss-reactive ketones (excluding diaryl/α,β-unsaturated/α-hetero) is 1. The quantitative estimate of drug-likeness (QED) is 0.171. The summed E-state index contributed by atoms with van der Waals surface area (Å²) < 4.78 is 0.462. The van der Waals surface area contributed by atoms with Gasteiger partial charge in [0.15, 0.2) is 5.78 Å². The van der Waals surface area contributed by atoms with Gasteiger partial charge in [0.1, 0.15) is 10.0 Å². The predicted octanol–water partition coefficient (Wildman–Crippen LogP) is 5.01. The fourth-order valence-corrected chi connectivity index (χ4v) is 3.17. The average molecular weight is 436 g/mol. The van der Waals surface area contributed by atoms with Crippen molar-refractivity contribution in [2.75, 3.05) is 16.2 Å². The molecule has 1 heterocycles. The number of thioether (sulfide) groups is 1. The Bertz CT molecular complexity index is 802. The summed E-state index contributed by atoms with van der Waals surface area (Å²) in [5.41, 5.74) is 1.61. The zero-order valence-electron chi connectivity index (χ0n) is 12.9. The molecule has 0 spiro atoms. The average Bonchev–Trinajstić information content (AvgIpc) is 2.60. The van der Waals surface area contributed by atoms with Gasteiger partial charge in [0.2, 0.25) is 0 Å². The standard InChI is InChI=1S/C15H13Cl3N4OS2/c1-8(23)11-4-2-9(6-20-11)22(19)7-25-15(24)21-12-5-3-10(16)13(17)14(12)18/h2-6H,7,19H2,1H3,(H,21,24). The molecule has 0 saturated heterocycles. The maximum Gasteiger partial charge on any atom is 0.178 e. The normalized spacial score (nSPS) is 10.4. The van der Waals surface area contributed by atoms with E-state index in [9.17, 15) is 4.79 Å². The Morgan fingerprint density at radius 1 is 1.28 bits per heavy atom. The van der Waals surface area contributed by atoms with Crippen LogP contribution in [0.3, 0.4) is 0 Å². The van der Waals surface area contributed by atoms with Crippen molar-refractivity contribution in [2.24, 2.45) is 5.84 Å². The fraction of sp³-hybridized carbons (Fsp3) is 0.133. The monoisotopic (exact) mass is 434 g/mol. The van der Waals surface area contributed by atoms with E-state index in [0.717, 1.165) is 0 Å². The molecule has 0 fully saturated rings. The summed E-state index contributed by atoms with van der Waals surface area (Å²) in [4.78, 5) is 15.3. The lowest BCUT2D eigenvalue weighted by Crippen LogP contribution is -2.31. The van der Waals surface area contributed by atoms with E-state index in [0.29, 0.717) is 37.3 Å². The lowest BCUT2D eigenvalue weighted by atomic mass is 10.2. The van der Waals surface area contributed by atoms with E-state index >= 15 is 0 Å². The van der Waals surface area contributed by atoms with Crippen LogP contribution in [0.15, 0.2) is 30.5 Å². The number of benzene rings is 1. The van der Waals surface area contributed by atoms with Gasteiger partial charge in [-0.15, -0.1) is 0 Å². The van der Waals surface area contributed by atoms with Crippen LogP contribution in [-0.2, 0) is 0 Å². The third-order valence-electron chi connectivity index (χ3n) is 3.05. The number of nitrogens with two attached hydrogens (primary N) is 1. The molecule has 3 N–H and O–H groups in total. The topological polar surface area (TPSA) is 71.2 Å². The van der Waals surface area contributed by atoms with E-state index in [4.69, 9.17) is 52.9 Å². The molecule has 0 aliphatic carbocycles. The molecule has 0 amide bonds. The number of thiocarbonyl (C=S) groups is 1. The van der Waals surface area contributed by atoms with Crippen LogP contribution in [0, 0.1) is 0 Å². The molecule has 1 aromatic carbocycles. The summed E-state index contributed by atoms with van der Waals surface area (Å²) in [7, 11) is 0. The number of hydrazine groups is 1. The molecule has 0 aliphatic rings. The minimum absolute atomic E-state index is 0.103. The van der Waals surface area contributed by atoms with Gasteiger partial charge in [-0.05, 0) is 24.3 Å². The van der Waals surface area contributed by atoms with Crippen LogP contribution in [0.1, 0.15) is 17.4 Å². The first kappa shape index (κ1) is 20.2. The number of pyridine rings is 1. The second-order valence-corrected chi connectivity index (χ2v) is 7.62. The third kappa shape index (κ3) is 5.44. The maximum atomic E-state index is 11.2. The Hall–Kier alpha value is -1.09. The molecule has 0 atom stereocenters. The summed E-state index contributed by atoms with van der Waals surface area (Å²) in [5, 5.41) is 5.38. The molecule has 0 saturated carbocycles. The van der Waals surface area contributed by atoms with Gasteiger partial charge in [0.05, 0.1) is 38.5 Å². The third-order valence-corrected chi connectivity index (χ3v) is 5.57. The van der Waals surface area contributed by atoms with E-state index in [1.54, 1.807) is 24.3 Å². The number of carbonyl (C=O) groups is 1. The summed E-state index contributed by atoms with van der Waals surface area (Å²) >= 11 is 24.6. The van der Waals surface area contributed by atoms with E-state index in [1.807, 2.05) is 0 Å². The van der Waals surface area contributed by atoms with Gasteiger partial charge in [-0.3, -0.25) is 14.8 Å². The maximum absolute atomic E-state index is 11.2. The summed E-state index contributed by atoms with van der Waals surface area (Å²) in [6, 6.07) is 6.65. The Kier molecular flexibility index (Phi) is 7.30. The van der Waals surface area contributed by atoms with Crippen LogP contribution in [0.25, 0.3) is 0 Å². The SMILES string of the molecule is CC(=O)c1ccc(N(N)CSC(=S)Nc2ccc(Cl)c(Cl)c2Cl)cn1. The first-order valence-corrected chi connectivity index (χ1v) is 9.39. The van der Waals surface area contributed by atoms with E-state index in [1.165, 1.54) is 29.9 Å². The first-order valence-electron chi connectivity index (χ1n) is 6.86. The van der Waals surface area contributed by atoms with Gasteiger partial charge in [-0.2, -0.15) is 0 Å². The van der Waals surface area contributed by atoms with Crippen molar-refractivity contribution >= 4 is 80.3 Å². The highest BCUT2D eigenvalue weighted by Crippen LogP contribution is 2.36. The van der Waals surface area contributed by atoms with Crippen molar-refractivity contribution in [3.63, 3.8) is 0 Å². The molecule has 2 aromatic rings. The van der Waals surface area contributed by atoms with Gasteiger partial charge >= 0.3 is 0 Å². The smallest absolute Gasteiger partial charge is 0.178 e. The number of halogens is 3. The Morgan fingerprint density at radius 3 is 2.60 bits per heavy atom. The van der Waals surface area contributed by atoms with Crippen molar-refractivity contribution in [3.8, 4) is 0 Å². The Labute approximate surface area is 169 Å². The predicted molar refractivity (Wildman–Crippen MR) is 111 cm³/mol. The molecule has 0 radical (unpaired) electrons. The highest BCUT2D eigenvalue weighted by molar-refractivity contribution is 8.23. The number of aromatic nitrogens is 1. The lowest BCUT2D eigenvalue weighted by Gasteiger charge is -2.18. The molecular weight excluding hydrogens is 423 g/mol. The molecular formula is C15H13Cl3N4OS2. The number of hydrogen-bond acceptors (Lipinski definition) is 6. The van der Waals surface area contributed by atoms with Gasteiger partial charge in [-0.25, -0.2) is 5.84 Å². The first-order chi connectivity index (χ1) is 11.8. The van der Waals surface area contributed by atoms with Crippen LogP contribution >= 0.6 is 58.8 Å². The second-order valence-electron chi connectivity index (χ2n) is 4.84. The molecule has 10 heteroatoms. The molecule has 0 bridgehead atoms. The molecule has 132 valence electrons. The van der Waals surface area contributed by atoms with Gasteiger partial charge in [0, 0.05) is 6.92 Å². The molecule has 2 rings (SSSR count). The number of carbonyl (C=O) groups excluding carboxylic acids is 1. The minimum Gasteiger partial charge on any atom is -0.340 e. The van der Waals surface area contributed by atoms with Crippen LogP contribution in [0.2, 0.25) is 15.1 Å². The van der Waals surface area contributed by atoms with E-state index < -0.39 is 0 Å². The number of rotatable bonds is 5. The van der Waals surface area contributed by atoms with Crippen molar-refractivity contribution in [3.05, 3.63) is 51.2 Å². The highest BCUT2D eigenvalue weighted by atomic mass is 35.5. The van der Waals surface area contributed by atoms with Crippen LogP contribution in [0.4, 0.5) is 11.4 Å². The summed E-state index contributed by atoms with van der Waals surface area (Å²) in [5.74, 6) is 6.24. The zero-order chi connectivity index (χ0) is 18.6. The van der Waals surface area contributed by atoms with Gasteiger partial charge < -0.3 is 5.32 Å². The zero-order valence-corrected chi connectivity index (χ0v) is 16.8. The number of nitrogens with one attached hydrogen (secondary N) is 1. The second kappa shape index (κ2) is 9.02. The number of anilines is 2. The van der Waals surface area contributed by atoms with Gasteiger partial charge in [0.25, 0.3) is 0 Å². The van der Waals surface area contributed by atoms with E-state index in [-0.39, 0.29) is 10.8 Å². The van der Waals surface area contributed by atoms with Crippen molar-refractivity contribution < 1.29 is 4.79 Å². The summed E-state index contributed by atoms with van der Waals surface area (Å²) in [6.07, 6.45) is 1.53. The highest BCUT2D eigenvalue weighted by Gasteiger charge is 2.11. The lowest BCUT2D eigenvalue weighted by molar-refractivity contribution is 0.101. The molecule has 1 aromatic heterocycles. The fourth-order valence-electron chi connectivity index (χ4n) is 1.74. The number of ketones is 1. The van der Waals surface area contributed by atoms with Crippen molar-refractivity contribution in [2.45, 2.75) is 6.92 Å². The van der Waals surface area contributed by atoms with Crippen molar-refractivity contribution in [1.29, 1.82) is 0 Å². The Balaban J connectivity index is 1.93. The molecule has 25 heavy (non-hydrogen) atoms. The largest absolute Gasteiger partial charge is 0.340 e. The van der Waals surface area contributed by atoms with Crippen LogP contribution < -0.4 is 16.2 Å². The van der Waals surface area contributed by atoms with Crippen LogP contribution in [-0.4, -0.2) is 21.0 Å². The minimum atomic E-state index is -0.103. The van der Waals surface area contributed by atoms with Gasteiger partial charge in [-0.1, -0.05) is 58.8 Å². The van der Waals surface area contributed by atoms with Crippen molar-refractivity contribution in [1.82, 2.24) is 4.98 Å². The molecule has 0 aliphatic heterocycles. The summed E-state index contributed by atoms with van der Waals surface area (Å²) in [6.45, 7) is 1.45. The number of hydrogen-bond donors (Lipinski definition) is 2. The molecule has 0 unspecified atom stereocenters. The number of nitrogens with zero attached hydrogens (tertiary/aromatic N) is 2.